The maximum atomic E-state index is 13.1. The third-order valence-corrected chi connectivity index (χ3v) is 5.92. The molecule has 0 spiro atoms. The molecule has 0 radical (unpaired) electrons. The van der Waals surface area contributed by atoms with Crippen LogP contribution in [0.5, 0.6) is 0 Å². The van der Waals surface area contributed by atoms with Gasteiger partial charge in [-0.15, -0.1) is 0 Å². The number of hydrogen-bond acceptors (Lipinski definition) is 10. The predicted octanol–water partition coefficient (Wildman–Crippen LogP) is 0.0861. The van der Waals surface area contributed by atoms with Gasteiger partial charge in [0.05, 0.1) is 13.2 Å². The standard InChI is InChI=1S/C15H23O10P/c1-8-12(23-9(2)16)13(24-10(3)17)14(25-11(4)18)15(22-8)26(19)20-6-5-7-21-26/h8,12-15H,5-7H2,1-4H3/t8-,12+,13+,14-,15-/m0/s1. The molecule has 0 bridgehead atoms. The fraction of sp³-hybridized carbons (Fsp3) is 0.800. The Morgan fingerprint density at radius 3 is 1.85 bits per heavy atom. The summed E-state index contributed by atoms with van der Waals surface area (Å²) in [4.78, 5) is 47.7. The highest BCUT2D eigenvalue weighted by molar-refractivity contribution is 7.59. The van der Waals surface area contributed by atoms with Crippen molar-refractivity contribution >= 4 is 25.9 Å². The predicted molar refractivity (Wildman–Crippen MR) is 84.4 cm³/mol. The fourth-order valence-electron chi connectivity index (χ4n) is 2.87. The number of rotatable bonds is 4. The molecule has 2 rings (SSSR count). The molecule has 0 saturated carbocycles. The minimum absolute atomic E-state index is 0.184. The summed E-state index contributed by atoms with van der Waals surface area (Å²) in [6, 6.07) is 0. The lowest BCUT2D eigenvalue weighted by molar-refractivity contribution is -0.270. The van der Waals surface area contributed by atoms with E-state index in [1.807, 2.05) is 0 Å². The molecule has 2 aliphatic heterocycles. The van der Waals surface area contributed by atoms with Crippen molar-refractivity contribution in [2.75, 3.05) is 13.2 Å². The Labute approximate surface area is 151 Å². The lowest BCUT2D eigenvalue weighted by Gasteiger charge is -2.47. The molecule has 11 heteroatoms. The van der Waals surface area contributed by atoms with Gasteiger partial charge in [-0.25, -0.2) is 9.05 Å². The Hall–Kier alpha value is -1.32. The summed E-state index contributed by atoms with van der Waals surface area (Å²) < 4.78 is 32.0. The van der Waals surface area contributed by atoms with E-state index in [1.54, 1.807) is 6.92 Å². The average molecular weight is 394 g/mol. The summed E-state index contributed by atoms with van der Waals surface area (Å²) in [6.45, 7) is 5.39. The van der Waals surface area contributed by atoms with Crippen LogP contribution in [0.3, 0.4) is 0 Å². The van der Waals surface area contributed by atoms with Gasteiger partial charge in [0.25, 0.3) is 13.8 Å². The summed E-state index contributed by atoms with van der Waals surface area (Å²) in [6.07, 6.45) is -3.89. The van der Waals surface area contributed by atoms with Gasteiger partial charge in [-0.1, -0.05) is 0 Å². The molecular formula is C15H23O10P. The summed E-state index contributed by atoms with van der Waals surface area (Å²) in [5.74, 6) is -3.38. The Bertz CT molecular complexity index is 547. The van der Waals surface area contributed by atoms with Gasteiger partial charge in [0, 0.05) is 27.2 Å². The Morgan fingerprint density at radius 2 is 1.35 bits per heavy atom. The first-order valence-corrected chi connectivity index (χ1v) is 9.81. The van der Waals surface area contributed by atoms with Crippen LogP contribution in [-0.4, -0.2) is 61.4 Å². The van der Waals surface area contributed by atoms with Gasteiger partial charge in [-0.05, 0) is 6.92 Å². The lowest BCUT2D eigenvalue weighted by Crippen LogP contribution is -2.62. The first-order valence-electron chi connectivity index (χ1n) is 8.20. The van der Waals surface area contributed by atoms with Crippen LogP contribution in [0.1, 0.15) is 34.1 Å². The number of carbonyl (C=O) groups is 3. The van der Waals surface area contributed by atoms with Crippen LogP contribution in [0, 0.1) is 0 Å². The zero-order valence-corrected chi connectivity index (χ0v) is 15.9. The van der Waals surface area contributed by atoms with Crippen LogP contribution in [0.4, 0.5) is 0 Å². The van der Waals surface area contributed by atoms with Gasteiger partial charge in [-0.2, -0.15) is 0 Å². The number of carbonyl (C=O) groups excluding carboxylic acids is 3. The molecule has 2 fully saturated rings. The molecule has 0 aliphatic carbocycles. The van der Waals surface area contributed by atoms with E-state index in [-0.39, 0.29) is 13.2 Å². The van der Waals surface area contributed by atoms with E-state index in [2.05, 4.69) is 0 Å². The monoisotopic (exact) mass is 394 g/mol. The van der Waals surface area contributed by atoms with Crippen molar-refractivity contribution in [3.8, 4) is 0 Å². The third kappa shape index (κ3) is 4.89. The molecule has 10 nitrogen and oxygen atoms in total. The molecule has 0 aromatic heterocycles. The third-order valence-electron chi connectivity index (χ3n) is 3.79. The Morgan fingerprint density at radius 1 is 0.885 bits per heavy atom. The summed E-state index contributed by atoms with van der Waals surface area (Å²) >= 11 is 0. The number of hydrogen-bond donors (Lipinski definition) is 0. The Balaban J connectivity index is 2.39. The van der Waals surface area contributed by atoms with Crippen molar-refractivity contribution in [2.24, 2.45) is 0 Å². The highest BCUT2D eigenvalue weighted by Gasteiger charge is 2.61. The van der Waals surface area contributed by atoms with E-state index in [0.717, 1.165) is 13.8 Å². The quantitative estimate of drug-likeness (QED) is 0.367. The van der Waals surface area contributed by atoms with Crippen molar-refractivity contribution in [1.29, 1.82) is 0 Å². The second-order valence-corrected chi connectivity index (χ2v) is 8.12. The van der Waals surface area contributed by atoms with Gasteiger partial charge >= 0.3 is 17.9 Å². The molecule has 0 unspecified atom stereocenters. The van der Waals surface area contributed by atoms with Crippen molar-refractivity contribution in [1.82, 2.24) is 0 Å². The zero-order valence-electron chi connectivity index (χ0n) is 15.0. The first kappa shape index (κ1) is 21.0. The van der Waals surface area contributed by atoms with Crippen LogP contribution < -0.4 is 4.89 Å². The second kappa shape index (κ2) is 8.58. The topological polar surface area (TPSA) is 130 Å². The summed E-state index contributed by atoms with van der Waals surface area (Å²) in [7, 11) is -3.81. The molecular weight excluding hydrogens is 371 g/mol. The highest BCUT2D eigenvalue weighted by atomic mass is 31.2. The largest absolute Gasteiger partial charge is 0.629 e. The SMILES string of the molecule is CC(=O)O[C@@H]1[C@H](OC(C)=O)[C@H](C)O[C@@H]([P+]2([O-])OCCCO2)[C@H]1OC(C)=O. The van der Waals surface area contributed by atoms with Gasteiger partial charge in [-0.3, -0.25) is 14.4 Å². The summed E-state index contributed by atoms with van der Waals surface area (Å²) in [5, 5.41) is 0. The zero-order chi connectivity index (χ0) is 19.5. The first-order chi connectivity index (χ1) is 12.1. The Kier molecular flexibility index (Phi) is 6.92. The molecule has 0 N–H and O–H groups in total. The maximum Gasteiger partial charge on any atom is 0.303 e. The van der Waals surface area contributed by atoms with Crippen LogP contribution >= 0.6 is 7.94 Å². The molecule has 2 heterocycles. The van der Waals surface area contributed by atoms with Crippen LogP contribution in [-0.2, 0) is 42.4 Å². The van der Waals surface area contributed by atoms with Gasteiger partial charge in [0.1, 0.15) is 6.10 Å². The minimum atomic E-state index is -3.81. The van der Waals surface area contributed by atoms with Crippen molar-refractivity contribution in [3.05, 3.63) is 0 Å². The van der Waals surface area contributed by atoms with E-state index < -0.39 is 56.1 Å². The fourth-order valence-corrected chi connectivity index (χ4v) is 4.94. The minimum Gasteiger partial charge on any atom is -0.629 e. The molecule has 0 amide bonds. The molecule has 148 valence electrons. The van der Waals surface area contributed by atoms with E-state index >= 15 is 0 Å². The van der Waals surface area contributed by atoms with Crippen LogP contribution in [0.15, 0.2) is 0 Å². The van der Waals surface area contributed by atoms with E-state index in [1.165, 1.54) is 6.92 Å². The molecule has 5 atom stereocenters. The number of ether oxygens (including phenoxy) is 4. The molecule has 2 saturated heterocycles. The molecule has 26 heavy (non-hydrogen) atoms. The van der Waals surface area contributed by atoms with Gasteiger partial charge < -0.3 is 23.8 Å². The van der Waals surface area contributed by atoms with Gasteiger partial charge in [0.2, 0.25) is 6.10 Å². The normalized spacial score (nSPS) is 33.8. The van der Waals surface area contributed by atoms with E-state index in [0.29, 0.717) is 6.42 Å². The highest BCUT2D eigenvalue weighted by Crippen LogP contribution is 2.62. The molecule has 0 aromatic carbocycles. The molecule has 2 aliphatic rings. The van der Waals surface area contributed by atoms with Crippen LogP contribution in [0.25, 0.3) is 0 Å². The van der Waals surface area contributed by atoms with Crippen molar-refractivity contribution in [3.63, 3.8) is 0 Å². The average Bonchev–Trinajstić information content (AvgIpc) is 2.52. The maximum absolute atomic E-state index is 13.1. The second-order valence-electron chi connectivity index (χ2n) is 6.01. The van der Waals surface area contributed by atoms with Crippen molar-refractivity contribution in [2.45, 2.75) is 64.4 Å². The van der Waals surface area contributed by atoms with Gasteiger partial charge in [0.15, 0.2) is 12.2 Å². The smallest absolute Gasteiger partial charge is 0.303 e. The van der Waals surface area contributed by atoms with Crippen molar-refractivity contribution < 1.29 is 47.3 Å². The summed E-state index contributed by atoms with van der Waals surface area (Å²) in [5.41, 5.74) is 0. The van der Waals surface area contributed by atoms with E-state index in [9.17, 15) is 19.3 Å². The molecule has 0 aromatic rings. The van der Waals surface area contributed by atoms with E-state index in [4.69, 9.17) is 28.0 Å². The van der Waals surface area contributed by atoms with Crippen LogP contribution in [0.2, 0.25) is 0 Å². The lowest BCUT2D eigenvalue weighted by atomic mass is 10.00. The number of esters is 3.